The van der Waals surface area contributed by atoms with E-state index in [1.807, 2.05) is 25.1 Å². The Bertz CT molecular complexity index is 595. The fourth-order valence-electron chi connectivity index (χ4n) is 1.93. The molecule has 19 heavy (non-hydrogen) atoms. The number of benzene rings is 1. The number of nitrogens with zero attached hydrogens (tertiary/aromatic N) is 2. The maximum atomic E-state index is 11.1. The van der Waals surface area contributed by atoms with Gasteiger partial charge in [-0.15, -0.1) is 11.6 Å². The summed E-state index contributed by atoms with van der Waals surface area (Å²) in [6, 6.07) is 5.60. The predicted molar refractivity (Wildman–Crippen MR) is 74.3 cm³/mol. The third-order valence-electron chi connectivity index (χ3n) is 2.72. The number of fused-ring (bicyclic) bond motifs is 1. The number of para-hydroxylation sites is 1. The first-order valence-electron chi connectivity index (χ1n) is 6.12. The molecule has 0 saturated heterocycles. The van der Waals surface area contributed by atoms with Crippen LogP contribution in [0.25, 0.3) is 11.0 Å². The van der Waals surface area contributed by atoms with E-state index in [9.17, 15) is 4.79 Å². The third kappa shape index (κ3) is 2.81. The molecule has 0 spiro atoms. The largest absolute Gasteiger partial charge is 0.491 e. The summed E-state index contributed by atoms with van der Waals surface area (Å²) < 4.78 is 7.38. The smallest absolute Gasteiger partial charge is 0.237 e. The summed E-state index contributed by atoms with van der Waals surface area (Å²) >= 11 is 5.87. The molecule has 0 atom stereocenters. The summed E-state index contributed by atoms with van der Waals surface area (Å²) in [5.41, 5.74) is 6.78. The van der Waals surface area contributed by atoms with Gasteiger partial charge in [0.05, 0.1) is 18.0 Å². The molecule has 1 amide bonds. The van der Waals surface area contributed by atoms with E-state index in [0.29, 0.717) is 23.7 Å². The SMILES string of the molecule is CCCOc1cccc2c1nc(CCl)n2CC(N)=O. The zero-order valence-electron chi connectivity index (χ0n) is 10.7. The van der Waals surface area contributed by atoms with Gasteiger partial charge in [-0.05, 0) is 18.6 Å². The van der Waals surface area contributed by atoms with Gasteiger partial charge in [0.2, 0.25) is 5.91 Å². The number of carbonyl (C=O) groups excluding carboxylic acids is 1. The van der Waals surface area contributed by atoms with Crippen molar-refractivity contribution in [1.82, 2.24) is 9.55 Å². The number of nitrogens with two attached hydrogens (primary N) is 1. The van der Waals surface area contributed by atoms with Crippen molar-refractivity contribution >= 4 is 28.5 Å². The molecule has 0 aliphatic rings. The number of primary amides is 1. The molecule has 1 aromatic carbocycles. The molecule has 0 aliphatic heterocycles. The lowest BCUT2D eigenvalue weighted by Gasteiger charge is -2.06. The fourth-order valence-corrected chi connectivity index (χ4v) is 2.14. The highest BCUT2D eigenvalue weighted by Gasteiger charge is 2.14. The number of hydrogen-bond donors (Lipinski definition) is 1. The molecule has 0 unspecified atom stereocenters. The molecular formula is C13H16ClN3O2. The average molecular weight is 282 g/mol. The van der Waals surface area contributed by atoms with Gasteiger partial charge in [-0.3, -0.25) is 4.79 Å². The molecule has 2 aromatic rings. The van der Waals surface area contributed by atoms with E-state index in [2.05, 4.69) is 4.98 Å². The van der Waals surface area contributed by atoms with Gasteiger partial charge < -0.3 is 15.0 Å². The highest BCUT2D eigenvalue weighted by Crippen LogP contribution is 2.26. The van der Waals surface area contributed by atoms with Crippen molar-refractivity contribution < 1.29 is 9.53 Å². The number of amides is 1. The topological polar surface area (TPSA) is 70.1 Å². The highest BCUT2D eigenvalue weighted by atomic mass is 35.5. The molecule has 6 heteroatoms. The van der Waals surface area contributed by atoms with Gasteiger partial charge in [-0.25, -0.2) is 4.98 Å². The Labute approximate surface area is 116 Å². The number of hydrogen-bond acceptors (Lipinski definition) is 3. The van der Waals surface area contributed by atoms with Crippen LogP contribution in [0.1, 0.15) is 19.2 Å². The monoisotopic (exact) mass is 281 g/mol. The predicted octanol–water partition coefficient (Wildman–Crippen LogP) is 2.05. The van der Waals surface area contributed by atoms with Crippen molar-refractivity contribution in [2.24, 2.45) is 5.73 Å². The quantitative estimate of drug-likeness (QED) is 0.824. The van der Waals surface area contributed by atoms with E-state index >= 15 is 0 Å². The Hall–Kier alpha value is -1.75. The summed E-state index contributed by atoms with van der Waals surface area (Å²) in [5.74, 6) is 1.11. The van der Waals surface area contributed by atoms with Crippen molar-refractivity contribution in [3.05, 3.63) is 24.0 Å². The molecule has 2 N–H and O–H groups in total. The maximum absolute atomic E-state index is 11.1. The zero-order chi connectivity index (χ0) is 13.8. The zero-order valence-corrected chi connectivity index (χ0v) is 11.5. The molecular weight excluding hydrogens is 266 g/mol. The van der Waals surface area contributed by atoms with Crippen LogP contribution in [0.4, 0.5) is 0 Å². The summed E-state index contributed by atoms with van der Waals surface area (Å²) in [6.07, 6.45) is 0.917. The Morgan fingerprint density at radius 3 is 2.95 bits per heavy atom. The van der Waals surface area contributed by atoms with E-state index in [1.165, 1.54) is 0 Å². The number of ether oxygens (including phenoxy) is 1. The molecule has 0 saturated carbocycles. The van der Waals surface area contributed by atoms with Gasteiger partial charge in [0.1, 0.15) is 23.6 Å². The van der Waals surface area contributed by atoms with Crippen molar-refractivity contribution in [2.45, 2.75) is 25.8 Å². The first-order valence-corrected chi connectivity index (χ1v) is 6.66. The van der Waals surface area contributed by atoms with Crippen LogP contribution in [0.2, 0.25) is 0 Å². The Kier molecular flexibility index (Phi) is 4.27. The van der Waals surface area contributed by atoms with E-state index < -0.39 is 5.91 Å². The molecule has 1 aromatic heterocycles. The number of imidazole rings is 1. The Morgan fingerprint density at radius 2 is 2.32 bits per heavy atom. The van der Waals surface area contributed by atoms with Crippen molar-refractivity contribution in [3.63, 3.8) is 0 Å². The van der Waals surface area contributed by atoms with Crippen molar-refractivity contribution in [1.29, 1.82) is 0 Å². The number of aromatic nitrogens is 2. The Morgan fingerprint density at radius 1 is 1.53 bits per heavy atom. The second-order valence-electron chi connectivity index (χ2n) is 4.19. The number of halogens is 1. The second kappa shape index (κ2) is 5.93. The molecule has 2 rings (SSSR count). The van der Waals surface area contributed by atoms with Crippen molar-refractivity contribution in [3.8, 4) is 5.75 Å². The van der Waals surface area contributed by atoms with E-state index in [4.69, 9.17) is 22.1 Å². The molecule has 0 fully saturated rings. The van der Waals surface area contributed by atoms with Gasteiger partial charge in [0.15, 0.2) is 0 Å². The van der Waals surface area contributed by atoms with Gasteiger partial charge >= 0.3 is 0 Å². The Balaban J connectivity index is 2.52. The number of carbonyl (C=O) groups is 1. The number of alkyl halides is 1. The summed E-state index contributed by atoms with van der Waals surface area (Å²) in [7, 11) is 0. The van der Waals surface area contributed by atoms with Crippen LogP contribution >= 0.6 is 11.6 Å². The van der Waals surface area contributed by atoms with Crippen LogP contribution in [0.5, 0.6) is 5.75 Å². The van der Waals surface area contributed by atoms with E-state index in [0.717, 1.165) is 11.9 Å². The molecule has 0 aliphatic carbocycles. The third-order valence-corrected chi connectivity index (χ3v) is 2.96. The van der Waals surface area contributed by atoms with Crippen LogP contribution in [-0.2, 0) is 17.2 Å². The van der Waals surface area contributed by atoms with Gasteiger partial charge in [0.25, 0.3) is 0 Å². The molecule has 1 heterocycles. The highest BCUT2D eigenvalue weighted by molar-refractivity contribution is 6.17. The minimum absolute atomic E-state index is 0.0653. The first kappa shape index (κ1) is 13.7. The minimum atomic E-state index is -0.425. The maximum Gasteiger partial charge on any atom is 0.237 e. The van der Waals surface area contributed by atoms with Gasteiger partial charge in [-0.1, -0.05) is 13.0 Å². The fraction of sp³-hybridized carbons (Fsp3) is 0.385. The van der Waals surface area contributed by atoms with Crippen LogP contribution in [0.3, 0.4) is 0 Å². The van der Waals surface area contributed by atoms with Crippen LogP contribution in [-0.4, -0.2) is 22.1 Å². The normalized spacial score (nSPS) is 10.8. The minimum Gasteiger partial charge on any atom is -0.491 e. The standard InChI is InChI=1S/C13H16ClN3O2/c1-2-6-19-10-5-3-4-9-13(10)16-12(7-14)17(9)8-11(15)18/h3-5H,2,6-8H2,1H3,(H2,15,18). The van der Waals surface area contributed by atoms with E-state index in [1.54, 1.807) is 4.57 Å². The molecule has 5 nitrogen and oxygen atoms in total. The number of rotatable bonds is 6. The van der Waals surface area contributed by atoms with Crippen LogP contribution in [0.15, 0.2) is 18.2 Å². The van der Waals surface area contributed by atoms with Gasteiger partial charge in [-0.2, -0.15) is 0 Å². The lowest BCUT2D eigenvalue weighted by atomic mass is 10.3. The lowest BCUT2D eigenvalue weighted by Crippen LogP contribution is -2.19. The molecule has 0 bridgehead atoms. The average Bonchev–Trinajstić information content (AvgIpc) is 2.74. The summed E-state index contributed by atoms with van der Waals surface area (Å²) in [4.78, 5) is 15.6. The first-order chi connectivity index (χ1) is 9.17. The second-order valence-corrected chi connectivity index (χ2v) is 4.45. The molecule has 102 valence electrons. The summed E-state index contributed by atoms with van der Waals surface area (Å²) in [6.45, 7) is 2.73. The van der Waals surface area contributed by atoms with E-state index in [-0.39, 0.29) is 12.4 Å². The van der Waals surface area contributed by atoms with Crippen LogP contribution < -0.4 is 10.5 Å². The van der Waals surface area contributed by atoms with Crippen LogP contribution in [0, 0.1) is 0 Å². The van der Waals surface area contributed by atoms with Gasteiger partial charge in [0, 0.05) is 0 Å². The molecule has 0 radical (unpaired) electrons. The van der Waals surface area contributed by atoms with Crippen molar-refractivity contribution in [2.75, 3.05) is 6.61 Å². The lowest BCUT2D eigenvalue weighted by molar-refractivity contribution is -0.118. The summed E-state index contributed by atoms with van der Waals surface area (Å²) in [5, 5.41) is 0.